The van der Waals surface area contributed by atoms with Crippen molar-refractivity contribution in [2.75, 3.05) is 4.90 Å². The fraction of sp³-hybridized carbons (Fsp3) is 0.216. The summed E-state index contributed by atoms with van der Waals surface area (Å²) in [5.41, 5.74) is 10.3. The van der Waals surface area contributed by atoms with Crippen LogP contribution in [0.4, 0.5) is 11.4 Å². The molecule has 0 aromatic heterocycles. The van der Waals surface area contributed by atoms with Crippen LogP contribution in [-0.4, -0.2) is 28.7 Å². The zero-order valence-corrected chi connectivity index (χ0v) is 23.5. The van der Waals surface area contributed by atoms with Crippen molar-refractivity contribution in [1.82, 2.24) is 0 Å². The molecule has 0 bridgehead atoms. The Kier molecular flexibility index (Phi) is 5.13. The average molecular weight is 552 g/mol. The minimum atomic E-state index is -1.12. The zero-order chi connectivity index (χ0) is 28.9. The van der Waals surface area contributed by atoms with E-state index in [0.29, 0.717) is 12.0 Å². The summed E-state index contributed by atoms with van der Waals surface area (Å²) in [6, 6.07) is 26.4. The van der Waals surface area contributed by atoms with Gasteiger partial charge in [-0.05, 0) is 94.8 Å². The molecule has 1 aliphatic heterocycles. The zero-order valence-electron chi connectivity index (χ0n) is 23.5. The van der Waals surface area contributed by atoms with Crippen molar-refractivity contribution in [3.8, 4) is 11.1 Å². The van der Waals surface area contributed by atoms with Crippen LogP contribution in [0.25, 0.3) is 17.2 Å². The predicted molar refractivity (Wildman–Crippen MR) is 163 cm³/mol. The van der Waals surface area contributed by atoms with E-state index in [9.17, 15) is 19.5 Å². The molecular weight excluding hydrogens is 522 g/mol. The maximum Gasteiger partial charge on any atom is 0.335 e. The van der Waals surface area contributed by atoms with E-state index in [1.54, 1.807) is 6.08 Å². The fourth-order valence-corrected chi connectivity index (χ4v) is 7.91. The normalized spacial score (nSPS) is 21.8. The molecule has 0 amide bonds. The molecule has 5 nitrogen and oxygen atoms in total. The summed E-state index contributed by atoms with van der Waals surface area (Å²) in [5, 5.41) is 9.33. The third-order valence-electron chi connectivity index (χ3n) is 9.92. The lowest BCUT2D eigenvalue weighted by molar-refractivity contribution is 0.0696. The second-order valence-electron chi connectivity index (χ2n) is 12.5. The Morgan fingerprint density at radius 3 is 2.45 bits per heavy atom. The molecule has 5 heteroatoms. The molecule has 4 aliphatic rings. The van der Waals surface area contributed by atoms with Gasteiger partial charge in [0.25, 0.3) is 0 Å². The summed E-state index contributed by atoms with van der Waals surface area (Å²) in [5.74, 6) is -1.50. The van der Waals surface area contributed by atoms with E-state index in [0.717, 1.165) is 24.8 Å². The maximum absolute atomic E-state index is 13.2. The third-order valence-corrected chi connectivity index (χ3v) is 9.92. The molecule has 8 rings (SSSR count). The number of aromatic carboxylic acids is 1. The fourth-order valence-electron chi connectivity index (χ4n) is 7.91. The highest BCUT2D eigenvalue weighted by molar-refractivity contribution is 6.41. The SMILES string of the molecule is CC1(C)c2ccccc2-c2cc(N3c4ccc(/C=C5\C(=O)c6ccc(C(=O)O)cc6C5=O)cc4C4CCCC43)ccc21. The molecule has 4 aromatic carbocycles. The molecule has 0 spiro atoms. The van der Waals surface area contributed by atoms with Crippen molar-refractivity contribution < 1.29 is 19.5 Å². The Hall–Kier alpha value is -4.77. The van der Waals surface area contributed by atoms with Crippen LogP contribution in [0.2, 0.25) is 0 Å². The molecule has 2 unspecified atom stereocenters. The number of carboxylic acids is 1. The summed E-state index contributed by atoms with van der Waals surface area (Å²) in [4.78, 5) is 40.2. The highest BCUT2D eigenvalue weighted by atomic mass is 16.4. The summed E-state index contributed by atoms with van der Waals surface area (Å²) in [6.45, 7) is 4.60. The second-order valence-corrected chi connectivity index (χ2v) is 12.5. The van der Waals surface area contributed by atoms with E-state index in [1.807, 2.05) is 6.07 Å². The van der Waals surface area contributed by atoms with E-state index in [4.69, 9.17) is 0 Å². The monoisotopic (exact) mass is 551 g/mol. The molecule has 42 heavy (non-hydrogen) atoms. The van der Waals surface area contributed by atoms with Crippen molar-refractivity contribution in [1.29, 1.82) is 0 Å². The van der Waals surface area contributed by atoms with Gasteiger partial charge in [0.15, 0.2) is 11.6 Å². The Morgan fingerprint density at radius 1 is 0.833 bits per heavy atom. The molecule has 0 saturated heterocycles. The largest absolute Gasteiger partial charge is 0.478 e. The molecule has 1 N–H and O–H groups in total. The Labute approximate surface area is 244 Å². The molecule has 0 radical (unpaired) electrons. The van der Waals surface area contributed by atoms with Crippen LogP contribution in [0.5, 0.6) is 0 Å². The van der Waals surface area contributed by atoms with Crippen LogP contribution in [0, 0.1) is 0 Å². The molecule has 1 saturated carbocycles. The number of anilines is 2. The number of carbonyl (C=O) groups is 3. The number of hydrogen-bond acceptors (Lipinski definition) is 4. The Balaban J connectivity index is 1.18. The molecular formula is C37H29NO4. The van der Waals surface area contributed by atoms with Crippen LogP contribution in [0.1, 0.15) is 92.4 Å². The number of carboxylic acid groups (broad SMARTS) is 1. The standard InChI is InChI=1S/C37H29NO4/c1-37(2)30-8-4-3-6-23(30)26-19-22(12-14-31(26)37)38-32-9-5-7-24(32)27-16-20(10-15-33(27)38)17-29-34(39)25-13-11-21(36(41)42)18-28(25)35(29)40/h3-4,6,8,10-19,24,32H,5,7,9H2,1-2H3,(H,41,42)/b29-17+. The summed E-state index contributed by atoms with van der Waals surface area (Å²) in [7, 11) is 0. The van der Waals surface area contributed by atoms with Crippen LogP contribution >= 0.6 is 0 Å². The number of fused-ring (bicyclic) bond motifs is 7. The van der Waals surface area contributed by atoms with Crippen molar-refractivity contribution in [3.63, 3.8) is 0 Å². The van der Waals surface area contributed by atoms with Crippen molar-refractivity contribution in [2.45, 2.75) is 50.5 Å². The number of benzene rings is 4. The number of allylic oxidation sites excluding steroid dienone is 1. The van der Waals surface area contributed by atoms with E-state index >= 15 is 0 Å². The first-order chi connectivity index (χ1) is 20.2. The quantitative estimate of drug-likeness (QED) is 0.207. The highest BCUT2D eigenvalue weighted by Crippen LogP contribution is 2.55. The van der Waals surface area contributed by atoms with Gasteiger partial charge in [0.1, 0.15) is 0 Å². The van der Waals surface area contributed by atoms with E-state index in [-0.39, 0.29) is 33.5 Å². The number of ketones is 2. The van der Waals surface area contributed by atoms with Gasteiger partial charge in [-0.2, -0.15) is 0 Å². The smallest absolute Gasteiger partial charge is 0.335 e. The van der Waals surface area contributed by atoms with Gasteiger partial charge in [-0.15, -0.1) is 0 Å². The summed E-state index contributed by atoms with van der Waals surface area (Å²) < 4.78 is 0. The minimum Gasteiger partial charge on any atom is -0.478 e. The van der Waals surface area contributed by atoms with E-state index in [2.05, 4.69) is 73.3 Å². The lowest BCUT2D eigenvalue weighted by Gasteiger charge is -2.28. The summed E-state index contributed by atoms with van der Waals surface area (Å²) in [6.07, 6.45) is 5.06. The first-order valence-corrected chi connectivity index (χ1v) is 14.6. The van der Waals surface area contributed by atoms with Gasteiger partial charge in [0, 0.05) is 39.9 Å². The first kappa shape index (κ1) is 25.0. The van der Waals surface area contributed by atoms with Gasteiger partial charge in [-0.3, -0.25) is 9.59 Å². The summed E-state index contributed by atoms with van der Waals surface area (Å²) >= 11 is 0. The van der Waals surface area contributed by atoms with Crippen LogP contribution in [0.15, 0.2) is 84.4 Å². The Bertz CT molecular complexity index is 1930. The lowest BCUT2D eigenvalue weighted by atomic mass is 9.82. The topological polar surface area (TPSA) is 74.7 Å². The number of nitrogens with zero attached hydrogens (tertiary/aromatic N) is 1. The molecule has 1 heterocycles. The van der Waals surface area contributed by atoms with E-state index in [1.165, 1.54) is 57.4 Å². The predicted octanol–water partition coefficient (Wildman–Crippen LogP) is 7.94. The number of carbonyl (C=O) groups excluding carboxylic acids is 2. The van der Waals surface area contributed by atoms with Gasteiger partial charge in [-0.1, -0.05) is 56.7 Å². The number of hydrogen-bond donors (Lipinski definition) is 1. The van der Waals surface area contributed by atoms with Crippen LogP contribution < -0.4 is 4.90 Å². The van der Waals surface area contributed by atoms with Gasteiger partial charge in [0.05, 0.1) is 11.1 Å². The number of rotatable bonds is 3. The minimum absolute atomic E-state index is 0.000321. The average Bonchev–Trinajstić information content (AvgIpc) is 3.70. The maximum atomic E-state index is 13.2. The molecule has 206 valence electrons. The van der Waals surface area contributed by atoms with Gasteiger partial charge >= 0.3 is 5.97 Å². The third kappa shape index (κ3) is 3.34. The molecule has 1 fully saturated rings. The second kappa shape index (κ2) is 8.62. The van der Waals surface area contributed by atoms with Crippen molar-refractivity contribution in [2.24, 2.45) is 0 Å². The van der Waals surface area contributed by atoms with E-state index < -0.39 is 11.8 Å². The van der Waals surface area contributed by atoms with Crippen molar-refractivity contribution >= 4 is 35.0 Å². The van der Waals surface area contributed by atoms with Gasteiger partial charge < -0.3 is 10.0 Å². The van der Waals surface area contributed by atoms with Gasteiger partial charge in [0.2, 0.25) is 0 Å². The van der Waals surface area contributed by atoms with Crippen LogP contribution in [0.3, 0.4) is 0 Å². The Morgan fingerprint density at radius 2 is 1.62 bits per heavy atom. The molecule has 2 atom stereocenters. The highest BCUT2D eigenvalue weighted by Gasteiger charge is 2.43. The van der Waals surface area contributed by atoms with Gasteiger partial charge in [-0.25, -0.2) is 4.79 Å². The number of Topliss-reactive ketones (excluding diaryl/α,β-unsaturated/α-hetero) is 2. The van der Waals surface area contributed by atoms with Crippen LogP contribution in [-0.2, 0) is 5.41 Å². The first-order valence-electron chi connectivity index (χ1n) is 14.6. The molecule has 3 aliphatic carbocycles. The molecule has 4 aromatic rings. The lowest BCUT2D eigenvalue weighted by Crippen LogP contribution is -2.26. The van der Waals surface area contributed by atoms with Crippen molar-refractivity contribution in [3.05, 3.63) is 123 Å².